The number of carbonyl (C=O) groups is 1. The van der Waals surface area contributed by atoms with Gasteiger partial charge in [0.05, 0.1) is 4.83 Å². The Hall–Kier alpha value is -0.630. The molecule has 0 aromatic heterocycles. The Balaban J connectivity index is 3.06. The number of halogens is 1. The van der Waals surface area contributed by atoms with Gasteiger partial charge in [-0.25, -0.2) is 0 Å². The van der Waals surface area contributed by atoms with Crippen molar-refractivity contribution in [2.24, 2.45) is 0 Å². The van der Waals surface area contributed by atoms with Gasteiger partial charge in [0, 0.05) is 0 Å². The summed E-state index contributed by atoms with van der Waals surface area (Å²) >= 11 is 3.39. The number of rotatable bonds is 3. The summed E-state index contributed by atoms with van der Waals surface area (Å²) < 4.78 is 0. The molecule has 0 amide bonds. The molecule has 1 atom stereocenters. The highest BCUT2D eigenvalue weighted by molar-refractivity contribution is 9.09. The average Bonchev–Trinajstić information content (AvgIpc) is 2.17. The van der Waals surface area contributed by atoms with Crippen molar-refractivity contribution in [3.63, 3.8) is 0 Å². The fourth-order valence-corrected chi connectivity index (χ4v) is 1.75. The third-order valence-corrected chi connectivity index (χ3v) is 3.58. The molecule has 1 nitrogen and oxygen atoms in total. The predicted octanol–water partition coefficient (Wildman–Crippen LogP) is 3.58. The highest BCUT2D eigenvalue weighted by Gasteiger charge is 2.12. The van der Waals surface area contributed by atoms with E-state index in [0.717, 1.165) is 12.0 Å². The lowest BCUT2D eigenvalue weighted by molar-refractivity contribution is -0.116. The number of aryl methyl sites for hydroxylation is 2. The first-order valence-corrected chi connectivity index (χ1v) is 5.71. The van der Waals surface area contributed by atoms with Crippen LogP contribution in [0.4, 0.5) is 0 Å². The summed E-state index contributed by atoms with van der Waals surface area (Å²) in [7, 11) is 0. The standard InChI is InChI=1S/C12H15BrO/c1-4-10-7-11(6-5-8(10)2)12(13)9(3)14/h5-7,12H,4H2,1-3H3. The molecule has 1 aromatic rings. The fraction of sp³-hybridized carbons (Fsp3) is 0.417. The third-order valence-electron chi connectivity index (χ3n) is 2.40. The van der Waals surface area contributed by atoms with Gasteiger partial charge in [0.1, 0.15) is 5.78 Å². The molecule has 0 bridgehead atoms. The number of hydrogen-bond donors (Lipinski definition) is 0. The SMILES string of the molecule is CCc1cc(C(Br)C(C)=O)ccc1C. The maximum atomic E-state index is 11.2. The Morgan fingerprint density at radius 1 is 1.50 bits per heavy atom. The average molecular weight is 255 g/mol. The van der Waals surface area contributed by atoms with E-state index in [1.54, 1.807) is 6.92 Å². The van der Waals surface area contributed by atoms with E-state index in [0.29, 0.717) is 0 Å². The topological polar surface area (TPSA) is 17.1 Å². The zero-order valence-corrected chi connectivity index (χ0v) is 10.4. The molecule has 0 aliphatic carbocycles. The summed E-state index contributed by atoms with van der Waals surface area (Å²) in [5, 5.41) is 0. The molecule has 1 unspecified atom stereocenters. The highest BCUT2D eigenvalue weighted by atomic mass is 79.9. The van der Waals surface area contributed by atoms with Gasteiger partial charge in [0.15, 0.2) is 0 Å². The molecule has 14 heavy (non-hydrogen) atoms. The molecule has 0 fully saturated rings. The van der Waals surface area contributed by atoms with E-state index < -0.39 is 0 Å². The largest absolute Gasteiger partial charge is 0.298 e. The molecule has 0 aliphatic rings. The zero-order valence-electron chi connectivity index (χ0n) is 8.80. The minimum atomic E-state index is -0.159. The molecule has 0 aliphatic heterocycles. The second-order valence-electron chi connectivity index (χ2n) is 3.51. The summed E-state index contributed by atoms with van der Waals surface area (Å²) in [6.07, 6.45) is 1.01. The van der Waals surface area contributed by atoms with E-state index in [9.17, 15) is 4.79 Å². The maximum Gasteiger partial charge on any atom is 0.147 e. The first-order chi connectivity index (χ1) is 6.56. The highest BCUT2D eigenvalue weighted by Crippen LogP contribution is 2.25. The predicted molar refractivity (Wildman–Crippen MR) is 62.9 cm³/mol. The van der Waals surface area contributed by atoms with Gasteiger partial charge >= 0.3 is 0 Å². The van der Waals surface area contributed by atoms with E-state index >= 15 is 0 Å². The van der Waals surface area contributed by atoms with Crippen molar-refractivity contribution in [3.05, 3.63) is 34.9 Å². The summed E-state index contributed by atoms with van der Waals surface area (Å²) in [6, 6.07) is 6.19. The maximum absolute atomic E-state index is 11.2. The van der Waals surface area contributed by atoms with Crippen molar-refractivity contribution in [1.29, 1.82) is 0 Å². The molecule has 1 aromatic carbocycles. The van der Waals surface area contributed by atoms with Gasteiger partial charge in [0.25, 0.3) is 0 Å². The van der Waals surface area contributed by atoms with Crippen LogP contribution in [0.25, 0.3) is 0 Å². The van der Waals surface area contributed by atoms with Crippen LogP contribution in [0.1, 0.15) is 35.4 Å². The molecule has 0 saturated carbocycles. The lowest BCUT2D eigenvalue weighted by atomic mass is 10.0. The lowest BCUT2D eigenvalue weighted by Gasteiger charge is -2.10. The minimum Gasteiger partial charge on any atom is -0.298 e. The second kappa shape index (κ2) is 4.74. The first-order valence-electron chi connectivity index (χ1n) is 4.80. The van der Waals surface area contributed by atoms with Crippen molar-refractivity contribution in [2.45, 2.75) is 32.0 Å². The van der Waals surface area contributed by atoms with Gasteiger partial charge in [-0.15, -0.1) is 0 Å². The molecule has 0 radical (unpaired) electrons. The van der Waals surface area contributed by atoms with Gasteiger partial charge in [-0.2, -0.15) is 0 Å². The normalized spacial score (nSPS) is 12.6. The van der Waals surface area contributed by atoms with Crippen molar-refractivity contribution in [3.8, 4) is 0 Å². The number of carbonyl (C=O) groups excluding carboxylic acids is 1. The van der Waals surface area contributed by atoms with Gasteiger partial charge in [0.2, 0.25) is 0 Å². The summed E-state index contributed by atoms with van der Waals surface area (Å²) in [5.41, 5.74) is 3.66. The van der Waals surface area contributed by atoms with Gasteiger partial charge in [-0.05, 0) is 37.0 Å². The first kappa shape index (κ1) is 11.4. The second-order valence-corrected chi connectivity index (χ2v) is 4.43. The number of ketones is 1. The van der Waals surface area contributed by atoms with Crippen LogP contribution in [-0.4, -0.2) is 5.78 Å². The molecule has 0 spiro atoms. The van der Waals surface area contributed by atoms with Crippen molar-refractivity contribution < 1.29 is 4.79 Å². The smallest absolute Gasteiger partial charge is 0.147 e. The van der Waals surface area contributed by atoms with Crippen LogP contribution in [0.15, 0.2) is 18.2 Å². The molecule has 0 saturated heterocycles. The lowest BCUT2D eigenvalue weighted by Crippen LogP contribution is -2.02. The Morgan fingerprint density at radius 3 is 2.64 bits per heavy atom. The number of Topliss-reactive ketones (excluding diaryl/α,β-unsaturated/α-hetero) is 1. The molecule has 0 N–H and O–H groups in total. The summed E-state index contributed by atoms with van der Waals surface area (Å²) in [5.74, 6) is 0.149. The third kappa shape index (κ3) is 2.44. The van der Waals surface area contributed by atoms with E-state index in [-0.39, 0.29) is 10.6 Å². The monoisotopic (exact) mass is 254 g/mol. The molecule has 1 rings (SSSR count). The molecular weight excluding hydrogens is 240 g/mol. The van der Waals surface area contributed by atoms with Crippen LogP contribution >= 0.6 is 15.9 Å². The Bertz CT molecular complexity index is 344. The van der Waals surface area contributed by atoms with E-state index in [2.05, 4.69) is 41.9 Å². The van der Waals surface area contributed by atoms with Gasteiger partial charge in [-0.1, -0.05) is 41.1 Å². The summed E-state index contributed by atoms with van der Waals surface area (Å²) in [4.78, 5) is 11.0. The van der Waals surface area contributed by atoms with Crippen LogP contribution in [0.3, 0.4) is 0 Å². The van der Waals surface area contributed by atoms with Crippen molar-refractivity contribution >= 4 is 21.7 Å². The van der Waals surface area contributed by atoms with Crippen LogP contribution in [0.5, 0.6) is 0 Å². The Labute approximate surface area is 93.7 Å². The molecule has 0 heterocycles. The van der Waals surface area contributed by atoms with Gasteiger partial charge in [-0.3, -0.25) is 4.79 Å². The van der Waals surface area contributed by atoms with Crippen LogP contribution in [0, 0.1) is 6.92 Å². The summed E-state index contributed by atoms with van der Waals surface area (Å²) in [6.45, 7) is 5.83. The van der Waals surface area contributed by atoms with Gasteiger partial charge < -0.3 is 0 Å². The quantitative estimate of drug-likeness (QED) is 0.754. The Kier molecular flexibility index (Phi) is 3.87. The number of alkyl halides is 1. The van der Waals surface area contributed by atoms with Crippen LogP contribution in [-0.2, 0) is 11.2 Å². The molecular formula is C12H15BrO. The van der Waals surface area contributed by atoms with E-state index in [4.69, 9.17) is 0 Å². The van der Waals surface area contributed by atoms with Crippen molar-refractivity contribution in [1.82, 2.24) is 0 Å². The number of benzene rings is 1. The number of hydrogen-bond acceptors (Lipinski definition) is 1. The van der Waals surface area contributed by atoms with E-state index in [1.165, 1.54) is 11.1 Å². The fourth-order valence-electron chi connectivity index (χ4n) is 1.46. The minimum absolute atomic E-state index is 0.149. The zero-order chi connectivity index (χ0) is 10.7. The Morgan fingerprint density at radius 2 is 2.14 bits per heavy atom. The molecule has 2 heteroatoms. The van der Waals surface area contributed by atoms with Crippen LogP contribution in [0.2, 0.25) is 0 Å². The van der Waals surface area contributed by atoms with Crippen LogP contribution < -0.4 is 0 Å². The van der Waals surface area contributed by atoms with Crippen molar-refractivity contribution in [2.75, 3.05) is 0 Å². The van der Waals surface area contributed by atoms with E-state index in [1.807, 2.05) is 6.07 Å². The molecule has 76 valence electrons.